The molecule has 0 radical (unpaired) electrons. The first-order chi connectivity index (χ1) is 20.0. The summed E-state index contributed by atoms with van der Waals surface area (Å²) in [5.74, 6) is 3.42. The second-order valence-corrected chi connectivity index (χ2v) is 10.2. The average Bonchev–Trinajstić information content (AvgIpc) is 3.75. The molecule has 0 aliphatic carbocycles. The third-order valence-electron chi connectivity index (χ3n) is 7.33. The van der Waals surface area contributed by atoms with E-state index in [4.69, 9.17) is 28.1 Å². The van der Waals surface area contributed by atoms with E-state index in [-0.39, 0.29) is 38.5 Å². The molecule has 0 bridgehead atoms. The molecule has 41 heavy (non-hydrogen) atoms. The van der Waals surface area contributed by atoms with Crippen LogP contribution in [0.15, 0.2) is 52.9 Å². The summed E-state index contributed by atoms with van der Waals surface area (Å²) < 4.78 is 33.1. The average molecular weight is 564 g/mol. The minimum absolute atomic E-state index is 0.0954. The standard InChI is InChI=1S/C30H33N3O8/c1-21-2-5-24(41-21)17-33(16-22-3-6-25-27(14-22)39-19-37-25)29(34)18-32(9-8-31-10-12-36-13-11-31)30(35)23-4-7-26-28(15-23)40-20-38-26/h2-7,14-15H,8-13,16-20H2,1H3. The predicted octanol–water partition coefficient (Wildman–Crippen LogP) is 3.05. The van der Waals surface area contributed by atoms with Gasteiger partial charge < -0.3 is 37.9 Å². The molecule has 4 heterocycles. The summed E-state index contributed by atoms with van der Waals surface area (Å²) in [4.78, 5) is 33.3. The summed E-state index contributed by atoms with van der Waals surface area (Å²) in [5, 5.41) is 0. The lowest BCUT2D eigenvalue weighted by Crippen LogP contribution is -2.47. The van der Waals surface area contributed by atoms with Gasteiger partial charge in [-0.25, -0.2) is 0 Å². The van der Waals surface area contributed by atoms with Crippen molar-refractivity contribution >= 4 is 11.8 Å². The Bertz CT molecular complexity index is 1400. The Labute approximate surface area is 238 Å². The van der Waals surface area contributed by atoms with Crippen LogP contribution in [0, 0.1) is 6.92 Å². The second kappa shape index (κ2) is 12.1. The highest BCUT2D eigenvalue weighted by molar-refractivity contribution is 5.97. The summed E-state index contributed by atoms with van der Waals surface area (Å²) in [6.45, 7) is 6.53. The Morgan fingerprint density at radius 2 is 1.51 bits per heavy atom. The fraction of sp³-hybridized carbons (Fsp3) is 0.400. The molecule has 11 heteroatoms. The molecule has 3 aromatic rings. The van der Waals surface area contributed by atoms with Gasteiger partial charge in [-0.3, -0.25) is 14.5 Å². The van der Waals surface area contributed by atoms with E-state index in [1.807, 2.05) is 37.3 Å². The molecular weight excluding hydrogens is 530 g/mol. The second-order valence-electron chi connectivity index (χ2n) is 10.2. The molecule has 0 atom stereocenters. The van der Waals surface area contributed by atoms with Gasteiger partial charge in [-0.15, -0.1) is 0 Å². The van der Waals surface area contributed by atoms with Gasteiger partial charge in [0.1, 0.15) is 18.1 Å². The van der Waals surface area contributed by atoms with Crippen molar-refractivity contribution < 1.29 is 37.7 Å². The molecule has 3 aliphatic rings. The number of aryl methyl sites for hydroxylation is 1. The first kappa shape index (κ1) is 27.0. The molecule has 0 unspecified atom stereocenters. The maximum Gasteiger partial charge on any atom is 0.254 e. The number of carbonyl (C=O) groups is 2. The first-order valence-electron chi connectivity index (χ1n) is 13.7. The molecule has 1 fully saturated rings. The number of nitrogens with zero attached hydrogens (tertiary/aromatic N) is 3. The number of ether oxygens (including phenoxy) is 5. The predicted molar refractivity (Wildman–Crippen MR) is 146 cm³/mol. The number of carbonyl (C=O) groups excluding carboxylic acids is 2. The van der Waals surface area contributed by atoms with E-state index in [0.29, 0.717) is 67.2 Å². The third-order valence-corrected chi connectivity index (χ3v) is 7.33. The molecule has 11 nitrogen and oxygen atoms in total. The van der Waals surface area contributed by atoms with Crippen molar-refractivity contribution in [1.82, 2.24) is 14.7 Å². The molecule has 1 saturated heterocycles. The van der Waals surface area contributed by atoms with Crippen LogP contribution in [0.2, 0.25) is 0 Å². The van der Waals surface area contributed by atoms with E-state index in [1.165, 1.54) is 0 Å². The Balaban J connectivity index is 1.22. The Morgan fingerprint density at radius 3 is 2.24 bits per heavy atom. The van der Waals surface area contributed by atoms with Crippen LogP contribution >= 0.6 is 0 Å². The van der Waals surface area contributed by atoms with Gasteiger partial charge >= 0.3 is 0 Å². The van der Waals surface area contributed by atoms with Crippen molar-refractivity contribution in [3.8, 4) is 23.0 Å². The molecule has 0 N–H and O–H groups in total. The lowest BCUT2D eigenvalue weighted by Gasteiger charge is -2.31. The summed E-state index contributed by atoms with van der Waals surface area (Å²) in [7, 11) is 0. The van der Waals surface area contributed by atoms with Gasteiger partial charge in [0.25, 0.3) is 5.91 Å². The number of rotatable bonds is 10. The van der Waals surface area contributed by atoms with E-state index < -0.39 is 0 Å². The van der Waals surface area contributed by atoms with Crippen molar-refractivity contribution in [2.75, 3.05) is 59.5 Å². The van der Waals surface area contributed by atoms with Gasteiger partial charge in [0, 0.05) is 38.3 Å². The van der Waals surface area contributed by atoms with Crippen molar-refractivity contribution in [3.05, 3.63) is 71.2 Å². The van der Waals surface area contributed by atoms with Crippen LogP contribution < -0.4 is 18.9 Å². The SMILES string of the molecule is Cc1ccc(CN(Cc2ccc3c(c2)OCO3)C(=O)CN(CCN2CCOCC2)C(=O)c2ccc3c(c2)OCO3)o1. The van der Waals surface area contributed by atoms with E-state index in [0.717, 1.165) is 24.4 Å². The van der Waals surface area contributed by atoms with E-state index in [2.05, 4.69) is 4.90 Å². The highest BCUT2D eigenvalue weighted by Crippen LogP contribution is 2.34. The van der Waals surface area contributed by atoms with Crippen LogP contribution in [0.4, 0.5) is 0 Å². The summed E-state index contributed by atoms with van der Waals surface area (Å²) in [5.41, 5.74) is 1.32. The fourth-order valence-corrected chi connectivity index (χ4v) is 5.06. The normalized spacial score (nSPS) is 15.6. The number of hydrogen-bond donors (Lipinski definition) is 0. The minimum Gasteiger partial charge on any atom is -0.464 e. The van der Waals surface area contributed by atoms with Gasteiger partial charge in [-0.05, 0) is 55.0 Å². The Kier molecular flexibility index (Phi) is 7.97. The first-order valence-corrected chi connectivity index (χ1v) is 13.7. The smallest absolute Gasteiger partial charge is 0.254 e. The van der Waals surface area contributed by atoms with Gasteiger partial charge in [-0.1, -0.05) is 6.07 Å². The number of fused-ring (bicyclic) bond motifs is 2. The molecule has 2 aromatic carbocycles. The van der Waals surface area contributed by atoms with Gasteiger partial charge in [-0.2, -0.15) is 0 Å². The van der Waals surface area contributed by atoms with Crippen molar-refractivity contribution in [1.29, 1.82) is 0 Å². The number of morpholine rings is 1. The van der Waals surface area contributed by atoms with Gasteiger partial charge in [0.2, 0.25) is 19.5 Å². The van der Waals surface area contributed by atoms with Crippen LogP contribution in [0.5, 0.6) is 23.0 Å². The number of hydrogen-bond acceptors (Lipinski definition) is 9. The monoisotopic (exact) mass is 563 g/mol. The van der Waals surface area contributed by atoms with Crippen LogP contribution in [0.25, 0.3) is 0 Å². The molecule has 1 aromatic heterocycles. The van der Waals surface area contributed by atoms with Crippen molar-refractivity contribution in [3.63, 3.8) is 0 Å². The fourth-order valence-electron chi connectivity index (χ4n) is 5.06. The number of furan rings is 1. The quantitative estimate of drug-likeness (QED) is 0.368. The highest BCUT2D eigenvalue weighted by atomic mass is 16.7. The molecular formula is C30H33N3O8. The van der Waals surface area contributed by atoms with Crippen LogP contribution in [0.3, 0.4) is 0 Å². The number of amides is 2. The zero-order chi connectivity index (χ0) is 28.2. The lowest BCUT2D eigenvalue weighted by molar-refractivity contribution is -0.133. The summed E-state index contributed by atoms with van der Waals surface area (Å²) >= 11 is 0. The molecule has 3 aliphatic heterocycles. The van der Waals surface area contributed by atoms with E-state index in [1.54, 1.807) is 28.0 Å². The highest BCUT2D eigenvalue weighted by Gasteiger charge is 2.26. The largest absolute Gasteiger partial charge is 0.464 e. The molecule has 2 amide bonds. The summed E-state index contributed by atoms with van der Waals surface area (Å²) in [6.07, 6.45) is 0. The third kappa shape index (κ3) is 6.41. The van der Waals surface area contributed by atoms with Crippen molar-refractivity contribution in [2.45, 2.75) is 20.0 Å². The molecule has 0 spiro atoms. The van der Waals surface area contributed by atoms with Crippen LogP contribution in [-0.2, 0) is 22.6 Å². The maximum atomic E-state index is 13.9. The Hall–Kier alpha value is -4.22. The van der Waals surface area contributed by atoms with Crippen LogP contribution in [0.1, 0.15) is 27.4 Å². The zero-order valence-electron chi connectivity index (χ0n) is 23.0. The molecule has 0 saturated carbocycles. The summed E-state index contributed by atoms with van der Waals surface area (Å²) in [6, 6.07) is 14.5. The van der Waals surface area contributed by atoms with E-state index >= 15 is 0 Å². The Morgan fingerprint density at radius 1 is 0.805 bits per heavy atom. The lowest BCUT2D eigenvalue weighted by atomic mass is 10.1. The minimum atomic E-state index is -0.248. The molecule has 216 valence electrons. The van der Waals surface area contributed by atoms with E-state index in [9.17, 15) is 9.59 Å². The maximum absolute atomic E-state index is 13.9. The molecule has 6 rings (SSSR count). The van der Waals surface area contributed by atoms with Crippen molar-refractivity contribution in [2.24, 2.45) is 0 Å². The topological polar surface area (TPSA) is 103 Å². The van der Waals surface area contributed by atoms with Gasteiger partial charge in [0.15, 0.2) is 23.0 Å². The van der Waals surface area contributed by atoms with Gasteiger partial charge in [0.05, 0.1) is 19.8 Å². The van der Waals surface area contributed by atoms with Crippen LogP contribution in [-0.4, -0.2) is 86.0 Å². The number of benzene rings is 2. The zero-order valence-corrected chi connectivity index (χ0v) is 23.0.